The second-order valence-electron chi connectivity index (χ2n) is 9.91. The van der Waals surface area contributed by atoms with Crippen LogP contribution in [-0.4, -0.2) is 68.2 Å². The number of aromatic nitrogens is 1. The molecule has 38 heavy (non-hydrogen) atoms. The van der Waals surface area contributed by atoms with Crippen molar-refractivity contribution in [3.63, 3.8) is 0 Å². The second kappa shape index (κ2) is 12.6. The number of piperazine rings is 1. The molecule has 1 atom stereocenters. The fourth-order valence-electron chi connectivity index (χ4n) is 5.15. The average molecular weight is 512 g/mol. The van der Waals surface area contributed by atoms with Gasteiger partial charge in [0.05, 0.1) is 13.7 Å². The topological polar surface area (TPSA) is 72.6 Å². The van der Waals surface area contributed by atoms with Crippen LogP contribution in [-0.2, 0) is 17.8 Å². The van der Waals surface area contributed by atoms with Gasteiger partial charge in [0.2, 0.25) is 5.91 Å². The van der Waals surface area contributed by atoms with Crippen molar-refractivity contribution >= 4 is 22.5 Å². The van der Waals surface area contributed by atoms with Crippen LogP contribution in [0.5, 0.6) is 5.75 Å². The Morgan fingerprint density at radius 2 is 1.68 bits per heavy atom. The number of carbonyl (C=O) groups is 1. The average Bonchev–Trinajstić information content (AvgIpc) is 3.37. The highest BCUT2D eigenvalue weighted by atomic mass is 16.5. The normalized spacial score (nSPS) is 14.9. The lowest BCUT2D eigenvalue weighted by Crippen LogP contribution is -2.52. The van der Waals surface area contributed by atoms with Gasteiger partial charge in [0.25, 0.3) is 0 Å². The number of methoxy groups -OCH3 is 1. The molecular formula is C31H37N5O2. The number of aromatic amines is 1. The number of carbonyl (C=O) groups excluding carboxylic acids is 1. The number of ether oxygens (including phenoxy) is 1. The van der Waals surface area contributed by atoms with E-state index in [2.05, 4.69) is 86.2 Å². The van der Waals surface area contributed by atoms with E-state index in [-0.39, 0.29) is 11.9 Å². The van der Waals surface area contributed by atoms with Crippen molar-refractivity contribution in [2.24, 2.45) is 0 Å². The lowest BCUT2D eigenvalue weighted by atomic mass is 10.0. The molecule has 5 rings (SSSR count). The van der Waals surface area contributed by atoms with E-state index in [0.717, 1.165) is 50.4 Å². The fraction of sp³-hybridized carbons (Fsp3) is 0.323. The lowest BCUT2D eigenvalue weighted by molar-refractivity contribution is -0.123. The maximum absolute atomic E-state index is 13.2. The molecule has 1 unspecified atom stereocenters. The molecular weight excluding hydrogens is 474 g/mol. The third-order valence-corrected chi connectivity index (χ3v) is 7.25. The molecule has 3 aromatic carbocycles. The molecule has 1 fully saturated rings. The van der Waals surface area contributed by atoms with Crippen molar-refractivity contribution in [1.82, 2.24) is 20.5 Å². The Bertz CT molecular complexity index is 1300. The summed E-state index contributed by atoms with van der Waals surface area (Å²) < 4.78 is 5.26. The van der Waals surface area contributed by atoms with E-state index in [1.165, 1.54) is 22.2 Å². The van der Waals surface area contributed by atoms with E-state index in [4.69, 9.17) is 4.74 Å². The van der Waals surface area contributed by atoms with Gasteiger partial charge in [-0.2, -0.15) is 0 Å². The number of hydrogen-bond donors (Lipinski definition) is 3. The second-order valence-corrected chi connectivity index (χ2v) is 9.91. The molecule has 1 amide bonds. The Balaban J connectivity index is 1.17. The van der Waals surface area contributed by atoms with Gasteiger partial charge in [0, 0.05) is 68.1 Å². The van der Waals surface area contributed by atoms with Gasteiger partial charge in [0.1, 0.15) is 5.75 Å². The maximum Gasteiger partial charge on any atom is 0.234 e. The highest BCUT2D eigenvalue weighted by Gasteiger charge is 2.21. The molecule has 3 N–H and O–H groups in total. The van der Waals surface area contributed by atoms with Crippen molar-refractivity contribution in [2.75, 3.05) is 51.3 Å². The number of rotatable bonds is 11. The van der Waals surface area contributed by atoms with E-state index in [1.807, 2.05) is 24.3 Å². The molecule has 198 valence electrons. The standard InChI is InChI=1S/C31H37N5O2/c1-38-28-13-11-24(12-14-28)20-32-22-26(19-25-21-33-30-10-6-5-9-29(25)30)34-31(37)23-35-15-17-36(18-16-35)27-7-3-2-4-8-27/h2-14,21,26,32-33H,15-20,22-23H2,1H3,(H,34,37). The summed E-state index contributed by atoms with van der Waals surface area (Å²) in [7, 11) is 1.68. The molecule has 0 bridgehead atoms. The van der Waals surface area contributed by atoms with Crippen LogP contribution in [0.2, 0.25) is 0 Å². The number of fused-ring (bicyclic) bond motifs is 1. The number of hydrogen-bond acceptors (Lipinski definition) is 5. The molecule has 0 aliphatic carbocycles. The van der Waals surface area contributed by atoms with Gasteiger partial charge in [-0.05, 0) is 47.9 Å². The summed E-state index contributed by atoms with van der Waals surface area (Å²) in [4.78, 5) is 21.2. The third kappa shape index (κ3) is 6.73. The van der Waals surface area contributed by atoms with Crippen LogP contribution in [0.3, 0.4) is 0 Å². The Kier molecular flexibility index (Phi) is 8.58. The van der Waals surface area contributed by atoms with Crippen LogP contribution in [0, 0.1) is 0 Å². The van der Waals surface area contributed by atoms with Gasteiger partial charge in [-0.25, -0.2) is 0 Å². The van der Waals surface area contributed by atoms with Crippen molar-refractivity contribution in [2.45, 2.75) is 19.0 Å². The number of para-hydroxylation sites is 2. The molecule has 1 saturated heterocycles. The van der Waals surface area contributed by atoms with E-state index in [9.17, 15) is 4.79 Å². The predicted octanol–water partition coefficient (Wildman–Crippen LogP) is 3.82. The molecule has 0 radical (unpaired) electrons. The first kappa shape index (κ1) is 25.8. The van der Waals surface area contributed by atoms with Gasteiger partial charge >= 0.3 is 0 Å². The molecule has 1 aromatic heterocycles. The van der Waals surface area contributed by atoms with Crippen LogP contribution in [0.1, 0.15) is 11.1 Å². The first-order chi connectivity index (χ1) is 18.7. The maximum atomic E-state index is 13.2. The summed E-state index contributed by atoms with van der Waals surface area (Å²) in [6.45, 7) is 5.45. The summed E-state index contributed by atoms with van der Waals surface area (Å²) in [5, 5.41) is 8.08. The van der Waals surface area contributed by atoms with Gasteiger partial charge in [-0.15, -0.1) is 0 Å². The van der Waals surface area contributed by atoms with E-state index in [1.54, 1.807) is 7.11 Å². The number of anilines is 1. The van der Waals surface area contributed by atoms with Crippen molar-refractivity contribution in [3.05, 3.63) is 96.2 Å². The Hall–Kier alpha value is -3.81. The van der Waals surface area contributed by atoms with E-state index >= 15 is 0 Å². The minimum atomic E-state index is -0.0226. The third-order valence-electron chi connectivity index (χ3n) is 7.25. The zero-order valence-electron chi connectivity index (χ0n) is 22.0. The summed E-state index contributed by atoms with van der Waals surface area (Å²) in [6.07, 6.45) is 2.82. The number of nitrogens with zero attached hydrogens (tertiary/aromatic N) is 2. The number of amides is 1. The molecule has 0 spiro atoms. The van der Waals surface area contributed by atoms with Crippen LogP contribution >= 0.6 is 0 Å². The van der Waals surface area contributed by atoms with Gasteiger partial charge in [-0.1, -0.05) is 48.5 Å². The molecule has 4 aromatic rings. The smallest absolute Gasteiger partial charge is 0.234 e. The van der Waals surface area contributed by atoms with Gasteiger partial charge < -0.3 is 25.3 Å². The molecule has 1 aliphatic heterocycles. The quantitative estimate of drug-likeness (QED) is 0.286. The van der Waals surface area contributed by atoms with Crippen LogP contribution in [0.25, 0.3) is 10.9 Å². The van der Waals surface area contributed by atoms with Crippen molar-refractivity contribution < 1.29 is 9.53 Å². The van der Waals surface area contributed by atoms with Crippen molar-refractivity contribution in [1.29, 1.82) is 0 Å². The SMILES string of the molecule is COc1ccc(CNCC(Cc2c[nH]c3ccccc23)NC(=O)CN2CCN(c3ccccc3)CC2)cc1. The van der Waals surface area contributed by atoms with Gasteiger partial charge in [-0.3, -0.25) is 9.69 Å². The Morgan fingerprint density at radius 1 is 0.947 bits per heavy atom. The highest BCUT2D eigenvalue weighted by molar-refractivity contribution is 5.83. The molecule has 1 aliphatic rings. The minimum Gasteiger partial charge on any atom is -0.497 e. The summed E-state index contributed by atoms with van der Waals surface area (Å²) in [6, 6.07) is 26.9. The first-order valence-electron chi connectivity index (χ1n) is 13.4. The monoisotopic (exact) mass is 511 g/mol. The summed E-state index contributed by atoms with van der Waals surface area (Å²) in [5.41, 5.74) is 4.77. The van der Waals surface area contributed by atoms with E-state index in [0.29, 0.717) is 13.1 Å². The Labute approximate surface area is 224 Å². The lowest BCUT2D eigenvalue weighted by Gasteiger charge is -2.36. The van der Waals surface area contributed by atoms with Crippen LogP contribution < -0.4 is 20.3 Å². The predicted molar refractivity (Wildman–Crippen MR) is 154 cm³/mol. The number of benzene rings is 3. The largest absolute Gasteiger partial charge is 0.497 e. The number of H-pyrrole nitrogens is 1. The minimum absolute atomic E-state index is 0.0226. The summed E-state index contributed by atoms with van der Waals surface area (Å²) >= 11 is 0. The van der Waals surface area contributed by atoms with E-state index < -0.39 is 0 Å². The fourth-order valence-corrected chi connectivity index (χ4v) is 5.15. The van der Waals surface area contributed by atoms with Crippen LogP contribution in [0.4, 0.5) is 5.69 Å². The van der Waals surface area contributed by atoms with Gasteiger partial charge in [0.15, 0.2) is 0 Å². The molecule has 0 saturated carbocycles. The molecule has 7 nitrogen and oxygen atoms in total. The first-order valence-corrected chi connectivity index (χ1v) is 13.4. The van der Waals surface area contributed by atoms with Crippen LogP contribution in [0.15, 0.2) is 85.1 Å². The zero-order chi connectivity index (χ0) is 26.2. The highest BCUT2D eigenvalue weighted by Crippen LogP contribution is 2.19. The zero-order valence-corrected chi connectivity index (χ0v) is 22.0. The Morgan fingerprint density at radius 3 is 2.45 bits per heavy atom. The molecule has 2 heterocycles. The molecule has 7 heteroatoms. The van der Waals surface area contributed by atoms with Crippen molar-refractivity contribution in [3.8, 4) is 5.75 Å². The number of nitrogens with one attached hydrogen (secondary N) is 3. The summed E-state index contributed by atoms with van der Waals surface area (Å²) in [5.74, 6) is 0.928.